The molecule has 302 valence electrons. The van der Waals surface area contributed by atoms with Gasteiger partial charge in [-0.2, -0.15) is 0 Å². The minimum absolute atomic E-state index is 0.00875. The van der Waals surface area contributed by atoms with Crippen LogP contribution in [0.25, 0.3) is 0 Å². The summed E-state index contributed by atoms with van der Waals surface area (Å²) in [6, 6.07) is 0. The number of likely N-dealkylation sites (N-methyl/N-ethyl adjacent to an activating group) is 1. The number of carbonyl (C=O) groups excluding carboxylic acids is 2. The first-order valence-corrected chi connectivity index (χ1v) is 22.5. The molecule has 0 aliphatic heterocycles. The van der Waals surface area contributed by atoms with Crippen LogP contribution >= 0.6 is 7.82 Å². The highest BCUT2D eigenvalue weighted by atomic mass is 31.2. The molecule has 0 aromatic rings. The Balaban J connectivity index is 4.31. The van der Waals surface area contributed by atoms with Gasteiger partial charge in [-0.15, -0.1) is 0 Å². The summed E-state index contributed by atoms with van der Waals surface area (Å²) in [5, 5.41) is 0. The van der Waals surface area contributed by atoms with Crippen LogP contribution in [0.1, 0.15) is 194 Å². The summed E-state index contributed by atoms with van der Waals surface area (Å²) in [4.78, 5) is 36.9. The third-order valence-electron chi connectivity index (χ3n) is 9.07. The van der Waals surface area contributed by atoms with Gasteiger partial charge in [-0.25, -0.2) is 4.57 Å². The fraction of sp³-hybridized carbons (Fsp3) is 0.902. The molecular weight excluding hydrogens is 665 g/mol. The van der Waals surface area contributed by atoms with Gasteiger partial charge in [-0.05, 0) is 52.6 Å². The van der Waals surface area contributed by atoms with Crippen molar-refractivity contribution in [2.45, 2.75) is 200 Å². The number of carbonyl (C=O) groups is 2. The summed E-state index contributed by atoms with van der Waals surface area (Å²) < 4.78 is 33.4. The maximum atomic E-state index is 12.6. The molecule has 0 saturated heterocycles. The van der Waals surface area contributed by atoms with Gasteiger partial charge in [0.2, 0.25) is 0 Å². The number of unbranched alkanes of at least 4 members (excludes halogenated alkanes) is 23. The number of phosphoric acid groups is 1. The fourth-order valence-electron chi connectivity index (χ4n) is 5.80. The fourth-order valence-corrected chi connectivity index (χ4v) is 6.54. The molecule has 2 atom stereocenters. The maximum Gasteiger partial charge on any atom is 0.472 e. The van der Waals surface area contributed by atoms with Crippen molar-refractivity contribution in [1.82, 2.24) is 4.90 Å². The second-order valence-corrected chi connectivity index (χ2v) is 16.0. The van der Waals surface area contributed by atoms with Gasteiger partial charge in [-0.3, -0.25) is 18.6 Å². The molecule has 1 unspecified atom stereocenters. The van der Waals surface area contributed by atoms with E-state index in [9.17, 15) is 19.0 Å². The molecule has 9 nitrogen and oxygen atoms in total. The van der Waals surface area contributed by atoms with Crippen molar-refractivity contribution in [1.29, 1.82) is 0 Å². The average molecular weight is 746 g/mol. The van der Waals surface area contributed by atoms with Crippen LogP contribution in [0.2, 0.25) is 0 Å². The number of hydrogen-bond donors (Lipinski definition) is 1. The molecule has 1 N–H and O–H groups in total. The van der Waals surface area contributed by atoms with Crippen LogP contribution < -0.4 is 0 Å². The van der Waals surface area contributed by atoms with Crippen LogP contribution in [0.3, 0.4) is 0 Å². The Morgan fingerprint density at radius 3 is 1.45 bits per heavy atom. The standard InChI is InChI=1S/C41H80NO8P/c1-5-7-9-11-13-15-17-19-20-22-24-26-28-30-32-34-41(44)50-39(38-49-51(45,46)48-36-35-42(3)4)37-47-40(43)33-31-29-27-25-23-21-18-16-14-12-10-8-6-2/h19-20,39H,5-18,21-38H2,1-4H3,(H,45,46)/b20-19-/t39-/m1/s1. The summed E-state index contributed by atoms with van der Waals surface area (Å²) in [6.45, 7) is 4.32. The predicted octanol–water partition coefficient (Wildman–Crippen LogP) is 11.7. The zero-order valence-corrected chi connectivity index (χ0v) is 34.5. The van der Waals surface area contributed by atoms with Crippen molar-refractivity contribution >= 4 is 19.8 Å². The van der Waals surface area contributed by atoms with Crippen LogP contribution in [-0.2, 0) is 32.7 Å². The number of esters is 2. The molecule has 0 radical (unpaired) electrons. The normalized spacial score (nSPS) is 13.5. The van der Waals surface area contributed by atoms with Crippen molar-refractivity contribution in [2.75, 3.05) is 40.5 Å². The summed E-state index contributed by atoms with van der Waals surface area (Å²) in [5.41, 5.74) is 0. The second-order valence-electron chi connectivity index (χ2n) is 14.5. The molecule has 0 aliphatic rings. The molecule has 0 heterocycles. The lowest BCUT2D eigenvalue weighted by Gasteiger charge is -2.20. The van der Waals surface area contributed by atoms with E-state index in [4.69, 9.17) is 18.5 Å². The Kier molecular flexibility index (Phi) is 36.2. The quantitative estimate of drug-likeness (QED) is 0.0284. The van der Waals surface area contributed by atoms with E-state index < -0.39 is 26.5 Å². The lowest BCUT2D eigenvalue weighted by Crippen LogP contribution is -2.29. The molecule has 0 spiro atoms. The predicted molar refractivity (Wildman–Crippen MR) is 211 cm³/mol. The number of phosphoric ester groups is 1. The van der Waals surface area contributed by atoms with Crippen molar-refractivity contribution in [2.24, 2.45) is 0 Å². The van der Waals surface area contributed by atoms with E-state index >= 15 is 0 Å². The van der Waals surface area contributed by atoms with E-state index in [1.807, 2.05) is 19.0 Å². The Labute approximate surface area is 314 Å². The van der Waals surface area contributed by atoms with Gasteiger partial charge in [-0.1, -0.05) is 154 Å². The van der Waals surface area contributed by atoms with E-state index in [1.54, 1.807) is 0 Å². The lowest BCUT2D eigenvalue weighted by molar-refractivity contribution is -0.161. The van der Waals surface area contributed by atoms with Crippen molar-refractivity contribution in [3.8, 4) is 0 Å². The topological polar surface area (TPSA) is 112 Å². The highest BCUT2D eigenvalue weighted by molar-refractivity contribution is 7.47. The minimum Gasteiger partial charge on any atom is -0.462 e. The molecule has 0 saturated carbocycles. The first kappa shape index (κ1) is 49.8. The van der Waals surface area contributed by atoms with Crippen LogP contribution in [0.5, 0.6) is 0 Å². The van der Waals surface area contributed by atoms with Crippen LogP contribution in [-0.4, -0.2) is 68.3 Å². The smallest absolute Gasteiger partial charge is 0.462 e. The monoisotopic (exact) mass is 746 g/mol. The summed E-state index contributed by atoms with van der Waals surface area (Å²) in [5.74, 6) is -0.805. The largest absolute Gasteiger partial charge is 0.472 e. The molecular formula is C41H80NO8P. The first-order valence-electron chi connectivity index (χ1n) is 21.0. The zero-order chi connectivity index (χ0) is 37.7. The molecule has 0 fully saturated rings. The minimum atomic E-state index is -4.35. The Hall–Kier alpha value is -1.25. The van der Waals surface area contributed by atoms with E-state index in [1.165, 1.54) is 109 Å². The molecule has 51 heavy (non-hydrogen) atoms. The number of nitrogens with zero attached hydrogens (tertiary/aromatic N) is 1. The van der Waals surface area contributed by atoms with Gasteiger partial charge in [0.1, 0.15) is 6.61 Å². The Morgan fingerprint density at radius 2 is 1.00 bits per heavy atom. The molecule has 0 rings (SSSR count). The van der Waals surface area contributed by atoms with E-state index in [2.05, 4.69) is 26.0 Å². The van der Waals surface area contributed by atoms with Gasteiger partial charge in [0.25, 0.3) is 0 Å². The van der Waals surface area contributed by atoms with E-state index in [-0.39, 0.29) is 25.6 Å². The number of rotatable bonds is 39. The first-order chi connectivity index (χ1) is 24.7. The Morgan fingerprint density at radius 1 is 0.588 bits per heavy atom. The molecule has 0 aliphatic carbocycles. The average Bonchev–Trinajstić information content (AvgIpc) is 3.09. The van der Waals surface area contributed by atoms with Gasteiger partial charge >= 0.3 is 19.8 Å². The third-order valence-corrected chi connectivity index (χ3v) is 10.1. The van der Waals surface area contributed by atoms with Crippen molar-refractivity contribution in [3.05, 3.63) is 12.2 Å². The number of allylic oxidation sites excluding steroid dienone is 2. The third kappa shape index (κ3) is 38.3. The highest BCUT2D eigenvalue weighted by Crippen LogP contribution is 2.43. The maximum absolute atomic E-state index is 12.6. The highest BCUT2D eigenvalue weighted by Gasteiger charge is 2.26. The van der Waals surface area contributed by atoms with Crippen LogP contribution in [0.15, 0.2) is 12.2 Å². The van der Waals surface area contributed by atoms with Gasteiger partial charge in [0, 0.05) is 19.4 Å². The molecule has 0 bridgehead atoms. The molecule has 10 heteroatoms. The number of ether oxygens (including phenoxy) is 2. The summed E-state index contributed by atoms with van der Waals surface area (Å²) in [6.07, 6.45) is 35.3. The summed E-state index contributed by atoms with van der Waals surface area (Å²) >= 11 is 0. The summed E-state index contributed by atoms with van der Waals surface area (Å²) in [7, 11) is -0.707. The van der Waals surface area contributed by atoms with Gasteiger partial charge < -0.3 is 19.3 Å². The molecule has 0 aromatic heterocycles. The van der Waals surface area contributed by atoms with Crippen molar-refractivity contribution < 1.29 is 37.6 Å². The Bertz CT molecular complexity index is 869. The van der Waals surface area contributed by atoms with Crippen LogP contribution in [0.4, 0.5) is 0 Å². The number of hydrogen-bond acceptors (Lipinski definition) is 8. The van der Waals surface area contributed by atoms with Gasteiger partial charge in [0.15, 0.2) is 6.10 Å². The zero-order valence-electron chi connectivity index (χ0n) is 33.6. The van der Waals surface area contributed by atoms with E-state index in [0.717, 1.165) is 51.4 Å². The lowest BCUT2D eigenvalue weighted by atomic mass is 10.0. The van der Waals surface area contributed by atoms with Crippen LogP contribution in [0, 0.1) is 0 Å². The van der Waals surface area contributed by atoms with E-state index in [0.29, 0.717) is 19.4 Å². The molecule has 0 amide bonds. The SMILES string of the molecule is CCCCCCCC/C=C\CCCCCCCC(=O)O[C@H](COC(=O)CCCCCCCCCCCCCCC)COP(=O)(O)OCCN(C)C. The molecule has 0 aromatic carbocycles. The second kappa shape index (κ2) is 37.1. The van der Waals surface area contributed by atoms with Crippen molar-refractivity contribution in [3.63, 3.8) is 0 Å². The van der Waals surface area contributed by atoms with Gasteiger partial charge in [0.05, 0.1) is 13.2 Å².